The van der Waals surface area contributed by atoms with E-state index in [2.05, 4.69) is 20.9 Å². The average Bonchev–Trinajstić information content (AvgIpc) is 3.07. The smallest absolute Gasteiger partial charge is 0.251 e. The van der Waals surface area contributed by atoms with Crippen LogP contribution in [0.3, 0.4) is 0 Å². The number of carbonyl (C=O) groups is 1. The van der Waals surface area contributed by atoms with Crippen LogP contribution < -0.4 is 16.0 Å². The van der Waals surface area contributed by atoms with E-state index in [1.165, 1.54) is 0 Å². The Labute approximate surface area is 202 Å². The van der Waals surface area contributed by atoms with Crippen LogP contribution in [0.2, 0.25) is 0 Å². The lowest BCUT2D eigenvalue weighted by Crippen LogP contribution is -2.44. The quantitative estimate of drug-likeness (QED) is 0.221. The number of benzene rings is 1. The number of aryl methyl sites for hydroxylation is 2. The zero-order chi connectivity index (χ0) is 22.1. The van der Waals surface area contributed by atoms with Crippen LogP contribution in [-0.4, -0.2) is 36.6 Å². The molecule has 0 fully saturated rings. The summed E-state index contributed by atoms with van der Waals surface area (Å²) in [5.74, 6) is 2.00. The van der Waals surface area contributed by atoms with E-state index in [9.17, 15) is 9.90 Å². The zero-order valence-electron chi connectivity index (χ0n) is 19.0. The molecule has 8 heteroatoms. The van der Waals surface area contributed by atoms with Gasteiger partial charge >= 0.3 is 0 Å². The first-order valence-corrected chi connectivity index (χ1v) is 10.5. The van der Waals surface area contributed by atoms with Crippen molar-refractivity contribution < 1.29 is 14.3 Å². The van der Waals surface area contributed by atoms with Crippen LogP contribution >= 0.6 is 24.0 Å². The first-order valence-electron chi connectivity index (χ1n) is 10.5. The number of nitrogens with zero attached hydrogens (tertiary/aromatic N) is 1. The predicted molar refractivity (Wildman–Crippen MR) is 135 cm³/mol. The Kier molecular flexibility index (Phi) is 11.1. The maximum atomic E-state index is 12.2. The predicted octanol–water partition coefficient (Wildman–Crippen LogP) is 3.62. The third-order valence-electron chi connectivity index (χ3n) is 4.71. The molecular formula is C23H35IN4O3. The van der Waals surface area contributed by atoms with Gasteiger partial charge in [-0.1, -0.05) is 19.1 Å². The van der Waals surface area contributed by atoms with E-state index in [1.807, 2.05) is 52.0 Å². The average molecular weight is 542 g/mol. The highest BCUT2D eigenvalue weighted by molar-refractivity contribution is 14.0. The van der Waals surface area contributed by atoms with Gasteiger partial charge in [-0.25, -0.2) is 4.99 Å². The second-order valence-electron chi connectivity index (χ2n) is 7.61. The number of aliphatic imine (C=N–C) groups is 1. The van der Waals surface area contributed by atoms with E-state index in [1.54, 1.807) is 13.0 Å². The van der Waals surface area contributed by atoms with E-state index in [0.29, 0.717) is 36.9 Å². The third-order valence-corrected chi connectivity index (χ3v) is 4.71. The Morgan fingerprint density at radius 1 is 1.16 bits per heavy atom. The first-order chi connectivity index (χ1) is 14.3. The monoisotopic (exact) mass is 542 g/mol. The van der Waals surface area contributed by atoms with Gasteiger partial charge in [0.05, 0.1) is 13.1 Å². The minimum atomic E-state index is -1.10. The Morgan fingerprint density at radius 3 is 2.52 bits per heavy atom. The number of nitrogens with one attached hydrogen (secondary N) is 3. The molecule has 0 radical (unpaired) electrons. The van der Waals surface area contributed by atoms with Gasteiger partial charge in [-0.05, 0) is 57.9 Å². The molecule has 1 atom stereocenters. The summed E-state index contributed by atoms with van der Waals surface area (Å²) in [6.07, 6.45) is 0.898. The zero-order valence-corrected chi connectivity index (χ0v) is 21.4. The molecule has 0 aliphatic rings. The molecule has 1 unspecified atom stereocenters. The molecule has 1 aromatic heterocycles. The van der Waals surface area contributed by atoms with Crippen LogP contribution in [0, 0.1) is 13.8 Å². The summed E-state index contributed by atoms with van der Waals surface area (Å²) >= 11 is 0. The van der Waals surface area contributed by atoms with Crippen molar-refractivity contribution >= 4 is 35.8 Å². The van der Waals surface area contributed by atoms with Crippen molar-refractivity contribution in [2.24, 2.45) is 4.99 Å². The number of aliphatic hydroxyl groups is 1. The van der Waals surface area contributed by atoms with Gasteiger partial charge in [0.2, 0.25) is 0 Å². The van der Waals surface area contributed by atoms with Crippen molar-refractivity contribution in [2.75, 3.05) is 19.6 Å². The fourth-order valence-electron chi connectivity index (χ4n) is 3.18. The minimum Gasteiger partial charge on any atom is -0.466 e. The summed E-state index contributed by atoms with van der Waals surface area (Å²) in [5, 5.41) is 20.2. The second kappa shape index (κ2) is 12.7. The number of halogens is 1. The lowest BCUT2D eigenvalue weighted by molar-refractivity contribution is 0.0601. The Balaban J connectivity index is 0.00000480. The van der Waals surface area contributed by atoms with Gasteiger partial charge < -0.3 is 25.5 Å². The van der Waals surface area contributed by atoms with E-state index >= 15 is 0 Å². The highest BCUT2D eigenvalue weighted by atomic mass is 127. The van der Waals surface area contributed by atoms with Crippen LogP contribution in [0.15, 0.2) is 39.7 Å². The maximum Gasteiger partial charge on any atom is 0.251 e. The molecule has 7 nitrogen and oxygen atoms in total. The van der Waals surface area contributed by atoms with Gasteiger partial charge in [0.1, 0.15) is 17.1 Å². The number of amides is 1. The molecule has 0 bridgehead atoms. The summed E-state index contributed by atoms with van der Waals surface area (Å²) < 4.78 is 5.55. The first kappa shape index (κ1) is 27.0. The molecule has 1 amide bonds. The van der Waals surface area contributed by atoms with E-state index < -0.39 is 5.60 Å². The largest absolute Gasteiger partial charge is 0.466 e. The summed E-state index contributed by atoms with van der Waals surface area (Å²) in [6.45, 7) is 11.5. The van der Waals surface area contributed by atoms with Crippen molar-refractivity contribution in [3.8, 4) is 0 Å². The Morgan fingerprint density at radius 2 is 1.90 bits per heavy atom. The summed E-state index contributed by atoms with van der Waals surface area (Å²) in [4.78, 5) is 16.8. The molecule has 2 rings (SSSR count). The minimum absolute atomic E-state index is 0. The van der Waals surface area contributed by atoms with Crippen molar-refractivity contribution in [1.82, 2.24) is 16.0 Å². The van der Waals surface area contributed by atoms with Gasteiger partial charge in [-0.2, -0.15) is 0 Å². The lowest BCUT2D eigenvalue weighted by Gasteiger charge is -2.24. The highest BCUT2D eigenvalue weighted by Gasteiger charge is 2.27. The molecule has 0 aliphatic heterocycles. The van der Waals surface area contributed by atoms with E-state index in [0.717, 1.165) is 23.3 Å². The Hall–Kier alpha value is -2.07. The molecule has 0 saturated heterocycles. The molecule has 0 aliphatic carbocycles. The topological polar surface area (TPSA) is 98.9 Å². The SMILES string of the molecule is CCCNC(=O)c1cccc(CN=C(NCC)NCC(C)(O)c2cc(C)oc2C)c1.I. The second-order valence-corrected chi connectivity index (χ2v) is 7.61. The van der Waals surface area contributed by atoms with Crippen molar-refractivity contribution in [2.45, 2.75) is 53.2 Å². The molecule has 2 aromatic rings. The van der Waals surface area contributed by atoms with Gasteiger partial charge in [0.25, 0.3) is 5.91 Å². The van der Waals surface area contributed by atoms with Crippen LogP contribution in [0.25, 0.3) is 0 Å². The molecule has 0 spiro atoms. The van der Waals surface area contributed by atoms with Gasteiger partial charge in [0, 0.05) is 24.2 Å². The molecule has 31 heavy (non-hydrogen) atoms. The van der Waals surface area contributed by atoms with Crippen LogP contribution in [0.1, 0.15) is 60.2 Å². The standard InChI is InChI=1S/C23H34N4O3.HI/c1-6-11-25-21(28)19-10-8-9-18(13-19)14-26-22(24-7-2)27-15-23(5,29)20-12-16(3)30-17(20)4;/h8-10,12-13,29H,6-7,11,14-15H2,1-5H3,(H,25,28)(H2,24,26,27);1H. The van der Waals surface area contributed by atoms with Gasteiger partial charge in [0.15, 0.2) is 5.96 Å². The molecule has 172 valence electrons. The van der Waals surface area contributed by atoms with Crippen molar-refractivity contribution in [1.29, 1.82) is 0 Å². The van der Waals surface area contributed by atoms with Crippen molar-refractivity contribution in [3.05, 3.63) is 58.5 Å². The van der Waals surface area contributed by atoms with Crippen LogP contribution in [0.5, 0.6) is 0 Å². The summed E-state index contributed by atoms with van der Waals surface area (Å²) in [6, 6.07) is 9.31. The van der Waals surface area contributed by atoms with Crippen LogP contribution in [-0.2, 0) is 12.1 Å². The van der Waals surface area contributed by atoms with Crippen molar-refractivity contribution in [3.63, 3.8) is 0 Å². The number of rotatable bonds is 9. The van der Waals surface area contributed by atoms with E-state index in [-0.39, 0.29) is 36.4 Å². The summed E-state index contributed by atoms with van der Waals surface area (Å²) in [5.41, 5.74) is 1.22. The molecule has 0 saturated carbocycles. The number of hydrogen-bond acceptors (Lipinski definition) is 4. The fourth-order valence-corrected chi connectivity index (χ4v) is 3.18. The number of carbonyl (C=O) groups excluding carboxylic acids is 1. The number of furan rings is 1. The lowest BCUT2D eigenvalue weighted by atomic mass is 9.96. The molecule has 1 aromatic carbocycles. The van der Waals surface area contributed by atoms with Crippen LogP contribution in [0.4, 0.5) is 0 Å². The molecule has 4 N–H and O–H groups in total. The van der Waals surface area contributed by atoms with Gasteiger partial charge in [-0.15, -0.1) is 24.0 Å². The molecule has 1 heterocycles. The maximum absolute atomic E-state index is 12.2. The third kappa shape index (κ3) is 8.17. The number of hydrogen-bond donors (Lipinski definition) is 4. The number of guanidine groups is 1. The highest BCUT2D eigenvalue weighted by Crippen LogP contribution is 2.26. The van der Waals surface area contributed by atoms with Gasteiger partial charge in [-0.3, -0.25) is 4.79 Å². The molecular weight excluding hydrogens is 507 g/mol. The normalized spacial score (nSPS) is 13.2. The van der Waals surface area contributed by atoms with E-state index in [4.69, 9.17) is 4.42 Å². The Bertz CT molecular complexity index is 877. The summed E-state index contributed by atoms with van der Waals surface area (Å²) in [7, 11) is 0. The fraction of sp³-hybridized carbons (Fsp3) is 0.478.